The van der Waals surface area contributed by atoms with Gasteiger partial charge in [0.1, 0.15) is 11.8 Å². The van der Waals surface area contributed by atoms with Gasteiger partial charge in [-0.3, -0.25) is 4.79 Å². The molecule has 2 N–H and O–H groups in total. The lowest BCUT2D eigenvalue weighted by Crippen LogP contribution is -2.41. The van der Waals surface area contributed by atoms with Crippen molar-refractivity contribution in [2.45, 2.75) is 32.2 Å². The Labute approximate surface area is 152 Å². The first kappa shape index (κ1) is 19.1. The number of nitrogens with one attached hydrogen (secondary N) is 1. The van der Waals surface area contributed by atoms with Crippen LogP contribution in [0.15, 0.2) is 36.4 Å². The van der Waals surface area contributed by atoms with Gasteiger partial charge in [0, 0.05) is 0 Å². The second-order valence-electron chi connectivity index (χ2n) is 5.74. The molecule has 0 bridgehead atoms. The molecular formula is C19H23NO4S. The number of unbranched alkanes of at least 4 members (excludes halogenated alkanes) is 1. The van der Waals surface area contributed by atoms with Gasteiger partial charge in [-0.15, -0.1) is 0 Å². The minimum Gasteiger partial charge on any atom is -0.493 e. The van der Waals surface area contributed by atoms with E-state index in [1.165, 1.54) is 0 Å². The van der Waals surface area contributed by atoms with E-state index < -0.39 is 17.9 Å². The maximum atomic E-state index is 12.8. The van der Waals surface area contributed by atoms with Crippen LogP contribution in [0.25, 0.3) is 10.8 Å². The van der Waals surface area contributed by atoms with E-state index in [0.29, 0.717) is 23.7 Å². The number of amides is 1. The summed E-state index contributed by atoms with van der Waals surface area (Å²) < 4.78 is 5.79. The van der Waals surface area contributed by atoms with Crippen LogP contribution in [0.3, 0.4) is 0 Å². The van der Waals surface area contributed by atoms with Gasteiger partial charge in [0.25, 0.3) is 5.91 Å². The zero-order valence-corrected chi connectivity index (χ0v) is 15.1. The number of carbonyl (C=O) groups is 2. The van der Waals surface area contributed by atoms with Crippen molar-refractivity contribution < 1.29 is 19.4 Å². The van der Waals surface area contributed by atoms with Crippen LogP contribution in [0.4, 0.5) is 0 Å². The van der Waals surface area contributed by atoms with Gasteiger partial charge in [-0.05, 0) is 35.4 Å². The number of hydrogen-bond acceptors (Lipinski definition) is 4. The standard InChI is InChI=1S/C19H23NO4S/c1-2-3-11-24-16-9-8-13-6-4-5-7-14(13)17(16)18(21)20-15(10-12-25)19(22)23/h4-9,15,25H,2-3,10-12H2,1H3,(H,20,21)(H,22,23)/t15-/m0/s1. The molecule has 6 heteroatoms. The molecule has 2 aromatic rings. The molecule has 0 saturated heterocycles. The van der Waals surface area contributed by atoms with E-state index in [2.05, 4.69) is 24.9 Å². The van der Waals surface area contributed by atoms with E-state index in [1.54, 1.807) is 6.07 Å². The van der Waals surface area contributed by atoms with Gasteiger partial charge in [-0.1, -0.05) is 43.7 Å². The summed E-state index contributed by atoms with van der Waals surface area (Å²) in [6.45, 7) is 2.57. The van der Waals surface area contributed by atoms with Crippen LogP contribution in [0.2, 0.25) is 0 Å². The topological polar surface area (TPSA) is 75.6 Å². The summed E-state index contributed by atoms with van der Waals surface area (Å²) in [6, 6.07) is 10.2. The van der Waals surface area contributed by atoms with Crippen LogP contribution in [-0.4, -0.2) is 35.4 Å². The maximum absolute atomic E-state index is 12.8. The Kier molecular flexibility index (Phi) is 7.13. The zero-order chi connectivity index (χ0) is 18.2. The quantitative estimate of drug-likeness (QED) is 0.472. The largest absolute Gasteiger partial charge is 0.493 e. The van der Waals surface area contributed by atoms with Crippen LogP contribution in [0, 0.1) is 0 Å². The molecule has 0 unspecified atom stereocenters. The smallest absolute Gasteiger partial charge is 0.326 e. The van der Waals surface area contributed by atoms with E-state index in [1.807, 2.05) is 30.3 Å². The maximum Gasteiger partial charge on any atom is 0.326 e. The first-order chi connectivity index (χ1) is 12.1. The number of thiol groups is 1. The fourth-order valence-electron chi connectivity index (χ4n) is 2.55. The number of ether oxygens (including phenoxy) is 1. The molecule has 2 rings (SSSR count). The van der Waals surface area contributed by atoms with Crippen LogP contribution in [0.5, 0.6) is 5.75 Å². The van der Waals surface area contributed by atoms with E-state index >= 15 is 0 Å². The highest BCUT2D eigenvalue weighted by atomic mass is 32.1. The number of carbonyl (C=O) groups excluding carboxylic acids is 1. The molecule has 5 nitrogen and oxygen atoms in total. The van der Waals surface area contributed by atoms with Gasteiger partial charge in [0.2, 0.25) is 0 Å². The number of rotatable bonds is 9. The summed E-state index contributed by atoms with van der Waals surface area (Å²) in [4.78, 5) is 24.2. The Morgan fingerprint density at radius 3 is 2.68 bits per heavy atom. The van der Waals surface area contributed by atoms with Crippen LogP contribution >= 0.6 is 12.6 Å². The minimum atomic E-state index is -1.07. The average Bonchev–Trinajstić information content (AvgIpc) is 2.61. The molecular weight excluding hydrogens is 338 g/mol. The highest BCUT2D eigenvalue weighted by Crippen LogP contribution is 2.28. The molecule has 0 radical (unpaired) electrons. The molecule has 1 amide bonds. The van der Waals surface area contributed by atoms with E-state index in [-0.39, 0.29) is 6.42 Å². The molecule has 0 aliphatic carbocycles. The van der Waals surface area contributed by atoms with Crippen molar-refractivity contribution in [3.8, 4) is 5.75 Å². The Morgan fingerprint density at radius 1 is 1.24 bits per heavy atom. The molecule has 2 aromatic carbocycles. The number of benzene rings is 2. The Morgan fingerprint density at radius 2 is 2.00 bits per heavy atom. The molecule has 0 aromatic heterocycles. The Bertz CT molecular complexity index is 747. The van der Waals surface area contributed by atoms with E-state index in [0.717, 1.165) is 23.6 Å². The van der Waals surface area contributed by atoms with Gasteiger partial charge in [0.15, 0.2) is 0 Å². The molecule has 0 heterocycles. The Balaban J connectivity index is 2.39. The lowest BCUT2D eigenvalue weighted by Gasteiger charge is -2.17. The van der Waals surface area contributed by atoms with Crippen molar-refractivity contribution in [2.24, 2.45) is 0 Å². The van der Waals surface area contributed by atoms with Crippen molar-refractivity contribution in [1.29, 1.82) is 0 Å². The highest BCUT2D eigenvalue weighted by molar-refractivity contribution is 7.80. The van der Waals surface area contributed by atoms with Crippen molar-refractivity contribution in [3.63, 3.8) is 0 Å². The van der Waals surface area contributed by atoms with Crippen molar-refractivity contribution in [3.05, 3.63) is 42.0 Å². The fraction of sp³-hybridized carbons (Fsp3) is 0.368. The van der Waals surface area contributed by atoms with Gasteiger partial charge in [0.05, 0.1) is 12.2 Å². The lowest BCUT2D eigenvalue weighted by atomic mass is 10.0. The summed E-state index contributed by atoms with van der Waals surface area (Å²) >= 11 is 4.06. The van der Waals surface area contributed by atoms with Gasteiger partial charge in [-0.2, -0.15) is 12.6 Å². The number of hydrogen-bond donors (Lipinski definition) is 3. The van der Waals surface area contributed by atoms with Crippen LogP contribution in [0.1, 0.15) is 36.5 Å². The first-order valence-electron chi connectivity index (χ1n) is 8.37. The molecule has 1 atom stereocenters. The van der Waals surface area contributed by atoms with Crippen molar-refractivity contribution in [2.75, 3.05) is 12.4 Å². The molecule has 25 heavy (non-hydrogen) atoms. The molecule has 0 spiro atoms. The third-order valence-electron chi connectivity index (χ3n) is 3.89. The second kappa shape index (κ2) is 9.32. The zero-order valence-electron chi connectivity index (χ0n) is 14.2. The number of fused-ring (bicyclic) bond motifs is 1. The predicted molar refractivity (Wildman–Crippen MR) is 102 cm³/mol. The second-order valence-corrected chi connectivity index (χ2v) is 6.19. The van der Waals surface area contributed by atoms with Crippen molar-refractivity contribution >= 4 is 35.3 Å². The first-order valence-corrected chi connectivity index (χ1v) is 9.00. The number of aliphatic carboxylic acids is 1. The monoisotopic (exact) mass is 361 g/mol. The van der Waals surface area contributed by atoms with Gasteiger partial charge >= 0.3 is 5.97 Å². The highest BCUT2D eigenvalue weighted by Gasteiger charge is 2.23. The summed E-state index contributed by atoms with van der Waals surface area (Å²) in [5.74, 6) is -0.680. The summed E-state index contributed by atoms with van der Waals surface area (Å²) in [5.41, 5.74) is 0.375. The third-order valence-corrected chi connectivity index (χ3v) is 4.15. The summed E-state index contributed by atoms with van der Waals surface area (Å²) in [6.07, 6.45) is 2.12. The fourth-order valence-corrected chi connectivity index (χ4v) is 2.81. The molecule has 134 valence electrons. The number of carboxylic acid groups (broad SMARTS) is 1. The average molecular weight is 361 g/mol. The third kappa shape index (κ3) is 4.89. The molecule has 0 aliphatic rings. The van der Waals surface area contributed by atoms with Crippen molar-refractivity contribution in [1.82, 2.24) is 5.32 Å². The molecule has 0 saturated carbocycles. The van der Waals surface area contributed by atoms with Gasteiger partial charge in [-0.25, -0.2) is 4.79 Å². The van der Waals surface area contributed by atoms with E-state index in [9.17, 15) is 14.7 Å². The lowest BCUT2D eigenvalue weighted by molar-refractivity contribution is -0.139. The van der Waals surface area contributed by atoms with Gasteiger partial charge < -0.3 is 15.2 Å². The number of carboxylic acids is 1. The Hall–Kier alpha value is -2.21. The predicted octanol–water partition coefficient (Wildman–Crippen LogP) is 3.52. The summed E-state index contributed by atoms with van der Waals surface area (Å²) in [5, 5.41) is 13.5. The molecule has 0 fully saturated rings. The normalized spacial score (nSPS) is 11.9. The minimum absolute atomic E-state index is 0.251. The molecule has 0 aliphatic heterocycles. The van der Waals surface area contributed by atoms with E-state index in [4.69, 9.17) is 4.74 Å². The van der Waals surface area contributed by atoms with Crippen LogP contribution in [-0.2, 0) is 4.79 Å². The van der Waals surface area contributed by atoms with Crippen LogP contribution < -0.4 is 10.1 Å². The summed E-state index contributed by atoms with van der Waals surface area (Å²) in [7, 11) is 0. The SMILES string of the molecule is CCCCOc1ccc2ccccc2c1C(=O)N[C@@H](CCS)C(=O)O.